The van der Waals surface area contributed by atoms with E-state index in [-0.39, 0.29) is 16.9 Å². The highest BCUT2D eigenvalue weighted by atomic mass is 79.9. The fourth-order valence-corrected chi connectivity index (χ4v) is 3.32. The van der Waals surface area contributed by atoms with Crippen LogP contribution in [0.15, 0.2) is 70.7 Å². The zero-order chi connectivity index (χ0) is 26.5. The van der Waals surface area contributed by atoms with Crippen molar-refractivity contribution in [2.45, 2.75) is 6.18 Å². The number of nitriles is 1. The standard InChI is InChI=1S/C24H15BrF3N3O5/c1-35-19-6-4-18(5-7-19)30-23(32)15(13-29)10-14-11-17(25)3-9-21(14)36-22-8-2-16(24(26,27)28)12-20(22)31(33)34/h2-12H,1H3,(H,30,32)/b15-10+. The normalized spacial score (nSPS) is 11.4. The number of ether oxygens (including phenoxy) is 2. The number of nitro groups is 1. The summed E-state index contributed by atoms with van der Waals surface area (Å²) < 4.78 is 50.1. The van der Waals surface area contributed by atoms with E-state index < -0.39 is 34.0 Å². The van der Waals surface area contributed by atoms with Crippen LogP contribution < -0.4 is 14.8 Å². The summed E-state index contributed by atoms with van der Waals surface area (Å²) in [6.45, 7) is 0. The van der Waals surface area contributed by atoms with Crippen molar-refractivity contribution in [3.05, 3.63) is 92.0 Å². The van der Waals surface area contributed by atoms with Gasteiger partial charge in [0.25, 0.3) is 5.91 Å². The predicted octanol–water partition coefficient (Wildman–Crippen LogP) is 6.72. The summed E-state index contributed by atoms with van der Waals surface area (Å²) in [5.41, 5.74) is -1.87. The second kappa shape index (κ2) is 10.9. The molecule has 0 spiro atoms. The molecule has 0 saturated carbocycles. The van der Waals surface area contributed by atoms with Crippen molar-refractivity contribution in [1.82, 2.24) is 0 Å². The number of nitrogens with one attached hydrogen (secondary N) is 1. The zero-order valence-electron chi connectivity index (χ0n) is 18.3. The van der Waals surface area contributed by atoms with Gasteiger partial charge in [0.15, 0.2) is 0 Å². The SMILES string of the molecule is COc1ccc(NC(=O)/C(C#N)=C/c2cc(Br)ccc2Oc2ccc(C(F)(F)F)cc2[N+](=O)[O-])cc1. The number of carbonyl (C=O) groups excluding carboxylic acids is 1. The Morgan fingerprint density at radius 2 is 1.78 bits per heavy atom. The molecule has 0 aliphatic rings. The molecule has 3 aromatic rings. The lowest BCUT2D eigenvalue weighted by atomic mass is 10.1. The monoisotopic (exact) mass is 561 g/mol. The Morgan fingerprint density at radius 3 is 2.36 bits per heavy atom. The number of alkyl halides is 3. The van der Waals surface area contributed by atoms with Gasteiger partial charge in [0.1, 0.15) is 23.1 Å². The maximum atomic E-state index is 13.0. The molecule has 1 N–H and O–H groups in total. The van der Waals surface area contributed by atoms with Crippen LogP contribution in [0.4, 0.5) is 24.5 Å². The van der Waals surface area contributed by atoms with E-state index >= 15 is 0 Å². The minimum atomic E-state index is -4.78. The summed E-state index contributed by atoms with van der Waals surface area (Å²) in [6.07, 6.45) is -3.59. The van der Waals surface area contributed by atoms with Gasteiger partial charge in [0.2, 0.25) is 5.75 Å². The number of methoxy groups -OCH3 is 1. The maximum Gasteiger partial charge on any atom is 0.416 e. The Kier molecular flexibility index (Phi) is 7.96. The van der Waals surface area contributed by atoms with Gasteiger partial charge in [0, 0.05) is 21.8 Å². The summed E-state index contributed by atoms with van der Waals surface area (Å²) in [6, 6.07) is 14.4. The van der Waals surface area contributed by atoms with Crippen LogP contribution in [0.3, 0.4) is 0 Å². The number of anilines is 1. The molecule has 0 radical (unpaired) electrons. The van der Waals surface area contributed by atoms with Gasteiger partial charge in [-0.15, -0.1) is 0 Å². The van der Waals surface area contributed by atoms with Gasteiger partial charge in [-0.2, -0.15) is 18.4 Å². The molecule has 0 aliphatic heterocycles. The number of carbonyl (C=O) groups is 1. The van der Waals surface area contributed by atoms with Crippen LogP contribution in [0.5, 0.6) is 17.2 Å². The lowest BCUT2D eigenvalue weighted by Gasteiger charge is -2.12. The van der Waals surface area contributed by atoms with Crippen LogP contribution in [-0.4, -0.2) is 17.9 Å². The number of nitro benzene ring substituents is 1. The van der Waals surface area contributed by atoms with Crippen molar-refractivity contribution < 1.29 is 32.4 Å². The van der Waals surface area contributed by atoms with E-state index in [1.807, 2.05) is 0 Å². The van der Waals surface area contributed by atoms with Crippen LogP contribution in [0.25, 0.3) is 6.08 Å². The Balaban J connectivity index is 1.96. The lowest BCUT2D eigenvalue weighted by molar-refractivity contribution is -0.385. The first-order valence-corrected chi connectivity index (χ1v) is 10.7. The van der Waals surface area contributed by atoms with Crippen LogP contribution in [0.2, 0.25) is 0 Å². The van der Waals surface area contributed by atoms with Crippen molar-refractivity contribution in [2.24, 2.45) is 0 Å². The lowest BCUT2D eigenvalue weighted by Crippen LogP contribution is -2.13. The van der Waals surface area contributed by atoms with E-state index in [1.54, 1.807) is 30.3 Å². The van der Waals surface area contributed by atoms with Crippen molar-refractivity contribution in [2.75, 3.05) is 12.4 Å². The second-order valence-corrected chi connectivity index (χ2v) is 7.99. The van der Waals surface area contributed by atoms with Crippen molar-refractivity contribution >= 4 is 39.3 Å². The Labute approximate surface area is 210 Å². The molecular weight excluding hydrogens is 547 g/mol. The van der Waals surface area contributed by atoms with Gasteiger partial charge in [-0.05, 0) is 60.7 Å². The topological polar surface area (TPSA) is 114 Å². The van der Waals surface area contributed by atoms with E-state index in [0.29, 0.717) is 28.0 Å². The number of hydrogen-bond donors (Lipinski definition) is 1. The third-order valence-corrected chi connectivity index (χ3v) is 5.18. The molecular formula is C24H15BrF3N3O5. The predicted molar refractivity (Wildman–Crippen MR) is 128 cm³/mol. The summed E-state index contributed by atoms with van der Waals surface area (Å²) >= 11 is 3.25. The van der Waals surface area contributed by atoms with Gasteiger partial charge in [-0.25, -0.2) is 0 Å². The summed E-state index contributed by atoms with van der Waals surface area (Å²) in [4.78, 5) is 23.0. The molecule has 0 unspecified atom stereocenters. The van der Waals surface area contributed by atoms with E-state index in [0.717, 1.165) is 6.07 Å². The van der Waals surface area contributed by atoms with Crippen LogP contribution in [0.1, 0.15) is 11.1 Å². The van der Waals surface area contributed by atoms with Gasteiger partial charge < -0.3 is 14.8 Å². The Morgan fingerprint density at radius 1 is 1.11 bits per heavy atom. The Bertz CT molecular complexity index is 1380. The summed E-state index contributed by atoms with van der Waals surface area (Å²) in [5, 5.41) is 23.5. The molecule has 0 heterocycles. The van der Waals surface area contributed by atoms with E-state index in [1.165, 1.54) is 31.4 Å². The smallest absolute Gasteiger partial charge is 0.416 e. The second-order valence-electron chi connectivity index (χ2n) is 7.07. The highest BCUT2D eigenvalue weighted by Gasteiger charge is 2.33. The van der Waals surface area contributed by atoms with Crippen LogP contribution >= 0.6 is 15.9 Å². The first-order chi connectivity index (χ1) is 17.0. The number of benzene rings is 3. The Hall–Kier alpha value is -4.37. The molecule has 0 fully saturated rings. The van der Waals surface area contributed by atoms with Crippen molar-refractivity contribution in [3.8, 4) is 23.3 Å². The first kappa shape index (κ1) is 26.2. The fourth-order valence-electron chi connectivity index (χ4n) is 2.94. The average Bonchev–Trinajstić information content (AvgIpc) is 2.83. The minimum absolute atomic E-state index is 0.0361. The molecule has 0 bridgehead atoms. The molecule has 0 atom stereocenters. The summed E-state index contributed by atoms with van der Waals surface area (Å²) in [7, 11) is 1.49. The van der Waals surface area contributed by atoms with Crippen LogP contribution in [-0.2, 0) is 11.0 Å². The molecule has 3 rings (SSSR count). The van der Waals surface area contributed by atoms with Crippen molar-refractivity contribution in [3.63, 3.8) is 0 Å². The van der Waals surface area contributed by atoms with Gasteiger partial charge in [-0.3, -0.25) is 14.9 Å². The third-order valence-electron chi connectivity index (χ3n) is 4.69. The molecule has 0 aliphatic carbocycles. The van der Waals surface area contributed by atoms with Gasteiger partial charge in [0.05, 0.1) is 17.6 Å². The summed E-state index contributed by atoms with van der Waals surface area (Å²) in [5.74, 6) is -0.663. The average molecular weight is 562 g/mol. The number of nitrogens with zero attached hydrogens (tertiary/aromatic N) is 2. The minimum Gasteiger partial charge on any atom is -0.497 e. The quantitative estimate of drug-likeness (QED) is 0.148. The van der Waals surface area contributed by atoms with E-state index in [4.69, 9.17) is 9.47 Å². The first-order valence-electron chi connectivity index (χ1n) is 9.92. The number of rotatable bonds is 7. The molecule has 0 saturated heterocycles. The molecule has 36 heavy (non-hydrogen) atoms. The molecule has 0 aromatic heterocycles. The van der Waals surface area contributed by atoms with Gasteiger partial charge in [-0.1, -0.05) is 15.9 Å². The third kappa shape index (κ3) is 6.39. The van der Waals surface area contributed by atoms with E-state index in [9.17, 15) is 33.3 Å². The highest BCUT2D eigenvalue weighted by molar-refractivity contribution is 9.10. The van der Waals surface area contributed by atoms with Crippen molar-refractivity contribution in [1.29, 1.82) is 5.26 Å². The molecule has 8 nitrogen and oxygen atoms in total. The molecule has 3 aromatic carbocycles. The number of hydrogen-bond acceptors (Lipinski definition) is 6. The van der Waals surface area contributed by atoms with Crippen LogP contribution in [0, 0.1) is 21.4 Å². The number of halogens is 4. The van der Waals surface area contributed by atoms with Gasteiger partial charge >= 0.3 is 11.9 Å². The maximum absolute atomic E-state index is 13.0. The largest absolute Gasteiger partial charge is 0.497 e. The fraction of sp³-hybridized carbons (Fsp3) is 0.0833. The molecule has 12 heteroatoms. The zero-order valence-corrected chi connectivity index (χ0v) is 19.9. The number of amides is 1. The highest BCUT2D eigenvalue weighted by Crippen LogP contribution is 2.39. The van der Waals surface area contributed by atoms with E-state index in [2.05, 4.69) is 21.2 Å². The molecule has 184 valence electrons. The molecule has 1 amide bonds.